The van der Waals surface area contributed by atoms with Crippen molar-refractivity contribution >= 4 is 22.0 Å². The van der Waals surface area contributed by atoms with Gasteiger partial charge in [0, 0.05) is 0 Å². The molecule has 6 heteroatoms. The van der Waals surface area contributed by atoms with Crippen molar-refractivity contribution in [2.24, 2.45) is 0 Å². The quantitative estimate of drug-likeness (QED) is 0.868. The van der Waals surface area contributed by atoms with Crippen LogP contribution in [-0.2, 0) is 11.3 Å². The lowest BCUT2D eigenvalue weighted by Crippen LogP contribution is -2.24. The number of rotatable bonds is 3. The van der Waals surface area contributed by atoms with Gasteiger partial charge in [-0.25, -0.2) is 14.8 Å². The molecule has 0 saturated carbocycles. The maximum atomic E-state index is 11.4. The van der Waals surface area contributed by atoms with E-state index in [9.17, 15) is 4.79 Å². The van der Waals surface area contributed by atoms with E-state index >= 15 is 0 Å². The van der Waals surface area contributed by atoms with Crippen molar-refractivity contribution in [2.75, 3.05) is 6.54 Å². The lowest BCUT2D eigenvalue weighted by molar-refractivity contribution is 0.141. The Bertz CT molecular complexity index is 648. The lowest BCUT2D eigenvalue weighted by atomic mass is 10.2. The molecule has 2 rings (SSSR count). The SMILES string of the molecule is O=C(NCC#Cc1cnc(Br)cn1)OCc1ccccc1. The molecule has 0 aliphatic heterocycles. The second-order valence-corrected chi connectivity index (χ2v) is 4.75. The average Bonchev–Trinajstić information content (AvgIpc) is 2.52. The van der Waals surface area contributed by atoms with E-state index in [4.69, 9.17) is 4.74 Å². The molecule has 1 heterocycles. The van der Waals surface area contributed by atoms with Gasteiger partial charge in [-0.2, -0.15) is 0 Å². The van der Waals surface area contributed by atoms with E-state index in [1.165, 1.54) is 0 Å². The number of ether oxygens (including phenoxy) is 1. The van der Waals surface area contributed by atoms with Crippen LogP contribution in [0.4, 0.5) is 4.79 Å². The van der Waals surface area contributed by atoms with E-state index < -0.39 is 6.09 Å². The first kappa shape index (κ1) is 15.0. The Balaban J connectivity index is 1.71. The standard InChI is InChI=1S/C15H12BrN3O2/c16-14-10-18-13(9-19-14)7-4-8-17-15(20)21-11-12-5-2-1-3-6-12/h1-3,5-6,9-10H,8,11H2,(H,17,20). The smallest absolute Gasteiger partial charge is 0.408 e. The van der Waals surface area contributed by atoms with Gasteiger partial charge in [-0.05, 0) is 27.4 Å². The van der Waals surface area contributed by atoms with Gasteiger partial charge in [0.2, 0.25) is 0 Å². The predicted molar refractivity (Wildman–Crippen MR) is 81.2 cm³/mol. The van der Waals surface area contributed by atoms with Crippen molar-refractivity contribution in [3.8, 4) is 11.8 Å². The summed E-state index contributed by atoms with van der Waals surface area (Å²) in [5, 5.41) is 2.54. The first-order valence-corrected chi connectivity index (χ1v) is 6.94. The second-order valence-electron chi connectivity index (χ2n) is 3.94. The first-order valence-electron chi connectivity index (χ1n) is 6.15. The fraction of sp³-hybridized carbons (Fsp3) is 0.133. The molecule has 0 saturated heterocycles. The minimum atomic E-state index is -0.505. The van der Waals surface area contributed by atoms with Gasteiger partial charge in [0.1, 0.15) is 16.9 Å². The molecular weight excluding hydrogens is 334 g/mol. The van der Waals surface area contributed by atoms with E-state index in [1.54, 1.807) is 12.4 Å². The molecule has 0 aliphatic carbocycles. The van der Waals surface area contributed by atoms with Gasteiger partial charge in [0.05, 0.1) is 18.9 Å². The van der Waals surface area contributed by atoms with Crippen LogP contribution >= 0.6 is 15.9 Å². The molecule has 5 nitrogen and oxygen atoms in total. The Hall–Kier alpha value is -2.39. The van der Waals surface area contributed by atoms with Crippen molar-refractivity contribution in [2.45, 2.75) is 6.61 Å². The van der Waals surface area contributed by atoms with Crippen LogP contribution in [0.3, 0.4) is 0 Å². The number of nitrogens with zero attached hydrogens (tertiary/aromatic N) is 2. The summed E-state index contributed by atoms with van der Waals surface area (Å²) in [6.45, 7) is 0.420. The summed E-state index contributed by atoms with van der Waals surface area (Å²) in [6, 6.07) is 9.46. The van der Waals surface area contributed by atoms with Crippen molar-refractivity contribution < 1.29 is 9.53 Å². The van der Waals surface area contributed by atoms with Crippen LogP contribution in [0.2, 0.25) is 0 Å². The molecule has 2 aromatic rings. The highest BCUT2D eigenvalue weighted by Gasteiger charge is 2.00. The second kappa shape index (κ2) is 8.02. The lowest BCUT2D eigenvalue weighted by Gasteiger charge is -2.04. The number of alkyl carbamates (subject to hydrolysis) is 1. The zero-order valence-corrected chi connectivity index (χ0v) is 12.6. The largest absolute Gasteiger partial charge is 0.445 e. The van der Waals surface area contributed by atoms with Gasteiger partial charge in [-0.3, -0.25) is 0 Å². The van der Waals surface area contributed by atoms with Gasteiger partial charge < -0.3 is 10.1 Å². The fourth-order valence-electron chi connectivity index (χ4n) is 1.40. The highest BCUT2D eigenvalue weighted by atomic mass is 79.9. The third-order valence-corrected chi connectivity index (χ3v) is 2.78. The van der Waals surface area contributed by atoms with Crippen LogP contribution in [0.25, 0.3) is 0 Å². The zero-order valence-electron chi connectivity index (χ0n) is 11.0. The molecule has 0 bridgehead atoms. The Morgan fingerprint density at radius 2 is 2.05 bits per heavy atom. The van der Waals surface area contributed by atoms with E-state index in [0.29, 0.717) is 10.3 Å². The number of halogens is 1. The summed E-state index contributed by atoms with van der Waals surface area (Å²) in [7, 11) is 0. The van der Waals surface area contributed by atoms with Gasteiger partial charge in [-0.15, -0.1) is 0 Å². The summed E-state index contributed by atoms with van der Waals surface area (Å²) in [5.41, 5.74) is 1.47. The molecule has 0 radical (unpaired) electrons. The normalized spacial score (nSPS) is 9.38. The Morgan fingerprint density at radius 1 is 1.24 bits per heavy atom. The highest BCUT2D eigenvalue weighted by Crippen LogP contribution is 2.01. The number of carbonyl (C=O) groups excluding carboxylic acids is 1. The zero-order chi connectivity index (χ0) is 14.9. The molecule has 0 spiro atoms. The van der Waals surface area contributed by atoms with E-state index in [-0.39, 0.29) is 13.2 Å². The van der Waals surface area contributed by atoms with E-state index in [1.807, 2.05) is 30.3 Å². The maximum absolute atomic E-state index is 11.4. The van der Waals surface area contributed by atoms with Gasteiger partial charge >= 0.3 is 6.09 Å². The summed E-state index contributed by atoms with van der Waals surface area (Å²) in [6.07, 6.45) is 2.60. The number of benzene rings is 1. The number of hydrogen-bond donors (Lipinski definition) is 1. The minimum Gasteiger partial charge on any atom is -0.445 e. The molecule has 106 valence electrons. The van der Waals surface area contributed by atoms with Crippen LogP contribution in [0.1, 0.15) is 11.3 Å². The van der Waals surface area contributed by atoms with Crippen molar-refractivity contribution in [3.05, 3.63) is 58.6 Å². The number of amides is 1. The number of nitrogens with one attached hydrogen (secondary N) is 1. The van der Waals surface area contributed by atoms with Crippen molar-refractivity contribution in [1.29, 1.82) is 0 Å². The molecule has 1 aromatic carbocycles. The van der Waals surface area contributed by atoms with Crippen LogP contribution in [0.5, 0.6) is 0 Å². The third-order valence-electron chi connectivity index (χ3n) is 2.37. The van der Waals surface area contributed by atoms with Gasteiger partial charge in [-0.1, -0.05) is 36.3 Å². The summed E-state index contributed by atoms with van der Waals surface area (Å²) in [5.74, 6) is 5.56. The monoisotopic (exact) mass is 345 g/mol. The predicted octanol–water partition coefficient (Wildman–Crippen LogP) is 2.52. The molecular formula is C15H12BrN3O2. The molecule has 1 N–H and O–H groups in total. The van der Waals surface area contributed by atoms with Crippen molar-refractivity contribution in [1.82, 2.24) is 15.3 Å². The Labute approximate surface area is 130 Å². The third kappa shape index (κ3) is 5.63. The number of carbonyl (C=O) groups is 1. The number of hydrogen-bond acceptors (Lipinski definition) is 4. The first-order chi connectivity index (χ1) is 10.2. The van der Waals surface area contributed by atoms with Crippen molar-refractivity contribution in [3.63, 3.8) is 0 Å². The Morgan fingerprint density at radius 3 is 2.76 bits per heavy atom. The molecule has 1 amide bonds. The van der Waals surface area contributed by atoms with E-state index in [2.05, 4.69) is 43.1 Å². The van der Waals surface area contributed by atoms with Crippen LogP contribution in [-0.4, -0.2) is 22.6 Å². The van der Waals surface area contributed by atoms with Gasteiger partial charge in [0.15, 0.2) is 0 Å². The summed E-state index contributed by atoms with van der Waals surface area (Å²) in [4.78, 5) is 19.5. The summed E-state index contributed by atoms with van der Waals surface area (Å²) < 4.78 is 5.69. The molecule has 21 heavy (non-hydrogen) atoms. The molecule has 1 aromatic heterocycles. The van der Waals surface area contributed by atoms with E-state index in [0.717, 1.165) is 5.56 Å². The van der Waals surface area contributed by atoms with Gasteiger partial charge in [0.25, 0.3) is 0 Å². The number of aromatic nitrogens is 2. The molecule has 0 atom stereocenters. The molecule has 0 aliphatic rings. The average molecular weight is 346 g/mol. The maximum Gasteiger partial charge on any atom is 0.408 e. The van der Waals surface area contributed by atoms with Crippen LogP contribution in [0.15, 0.2) is 47.3 Å². The Kier molecular flexibility index (Phi) is 5.73. The van der Waals surface area contributed by atoms with Crippen LogP contribution in [0, 0.1) is 11.8 Å². The molecule has 0 fully saturated rings. The molecule has 0 unspecified atom stereocenters. The minimum absolute atomic E-state index is 0.186. The summed E-state index contributed by atoms with van der Waals surface area (Å²) >= 11 is 3.19. The topological polar surface area (TPSA) is 64.1 Å². The van der Waals surface area contributed by atoms with Crippen LogP contribution < -0.4 is 5.32 Å². The highest BCUT2D eigenvalue weighted by molar-refractivity contribution is 9.10. The fourth-order valence-corrected chi connectivity index (χ4v) is 1.61.